The molecule has 0 heterocycles. The van der Waals surface area contributed by atoms with E-state index in [1.54, 1.807) is 0 Å². The number of nitrogens with one attached hydrogen (secondary N) is 1. The van der Waals surface area contributed by atoms with E-state index < -0.39 is 0 Å². The van der Waals surface area contributed by atoms with Gasteiger partial charge in [0.2, 0.25) is 0 Å². The maximum absolute atomic E-state index is 5.85. The average molecular weight is 296 g/mol. The molecule has 0 radical (unpaired) electrons. The fourth-order valence-corrected chi connectivity index (χ4v) is 2.68. The van der Waals surface area contributed by atoms with Crippen LogP contribution in [0.3, 0.4) is 0 Å². The predicted molar refractivity (Wildman–Crippen MR) is 96.1 cm³/mol. The number of unbranched alkanes of at least 4 members (excludes halogenated alkanes) is 2. The van der Waals surface area contributed by atoms with Gasteiger partial charge in [0.1, 0.15) is 0 Å². The average Bonchev–Trinajstić information content (AvgIpc) is 2.44. The van der Waals surface area contributed by atoms with Gasteiger partial charge in [0.25, 0.3) is 0 Å². The molecule has 0 amide bonds. The van der Waals surface area contributed by atoms with E-state index in [9.17, 15) is 0 Å². The summed E-state index contributed by atoms with van der Waals surface area (Å²) < 4.78 is 0. The monoisotopic (exact) mass is 295 g/mol. The fourth-order valence-electron chi connectivity index (χ4n) is 2.68. The molecule has 0 saturated heterocycles. The van der Waals surface area contributed by atoms with Gasteiger partial charge in [-0.25, -0.2) is 0 Å². The third-order valence-electron chi connectivity index (χ3n) is 3.95. The molecule has 2 atom stereocenters. The number of hydrogen-bond acceptors (Lipinski definition) is 3. The van der Waals surface area contributed by atoms with Gasteiger partial charge in [-0.2, -0.15) is 0 Å². The van der Waals surface area contributed by atoms with E-state index in [1.165, 1.54) is 24.8 Å². The molecule has 0 rings (SSSR count). The number of nitrogens with zero attached hydrogens (tertiary/aromatic N) is 1. The zero-order valence-electron chi connectivity index (χ0n) is 14.9. The Labute approximate surface area is 132 Å². The van der Waals surface area contributed by atoms with Crippen molar-refractivity contribution in [3.63, 3.8) is 0 Å². The normalized spacial score (nSPS) is 15.3. The molecule has 21 heavy (non-hydrogen) atoms. The van der Waals surface area contributed by atoms with Crippen molar-refractivity contribution in [2.24, 2.45) is 22.6 Å². The van der Waals surface area contributed by atoms with Gasteiger partial charge in [-0.05, 0) is 50.6 Å². The van der Waals surface area contributed by atoms with Crippen LogP contribution in [0.5, 0.6) is 0 Å². The van der Waals surface area contributed by atoms with Crippen LogP contribution in [0.25, 0.3) is 0 Å². The molecular weight excluding hydrogens is 258 g/mol. The molecule has 0 aromatic rings. The first-order chi connectivity index (χ1) is 9.96. The summed E-state index contributed by atoms with van der Waals surface area (Å²) >= 11 is 0. The highest BCUT2D eigenvalue weighted by Crippen LogP contribution is 2.23. The van der Waals surface area contributed by atoms with Gasteiger partial charge in [0.15, 0.2) is 0 Å². The van der Waals surface area contributed by atoms with Crippen molar-refractivity contribution in [3.05, 3.63) is 12.2 Å². The highest BCUT2D eigenvalue weighted by atomic mass is 14.8. The highest BCUT2D eigenvalue weighted by molar-refractivity contribution is 5.86. The molecule has 0 aliphatic carbocycles. The van der Waals surface area contributed by atoms with E-state index in [4.69, 9.17) is 10.7 Å². The molecule has 2 unspecified atom stereocenters. The van der Waals surface area contributed by atoms with Crippen LogP contribution in [0.1, 0.15) is 59.8 Å². The van der Waals surface area contributed by atoms with Crippen molar-refractivity contribution >= 4 is 5.71 Å². The SMILES string of the molecule is C=C(C(CNC)CC(C)C)C(C)N=C(CN)CCCCC. The fraction of sp³-hybridized carbons (Fsp3) is 0.833. The van der Waals surface area contributed by atoms with Gasteiger partial charge < -0.3 is 11.1 Å². The molecule has 3 nitrogen and oxygen atoms in total. The molecule has 3 N–H and O–H groups in total. The van der Waals surface area contributed by atoms with Crippen molar-refractivity contribution in [1.82, 2.24) is 5.32 Å². The Balaban J connectivity index is 4.68. The zero-order chi connectivity index (χ0) is 16.3. The summed E-state index contributed by atoms with van der Waals surface area (Å²) in [6.45, 7) is 14.8. The molecule has 0 spiro atoms. The lowest BCUT2D eigenvalue weighted by molar-refractivity contribution is 0.430. The van der Waals surface area contributed by atoms with Crippen molar-refractivity contribution in [1.29, 1.82) is 0 Å². The summed E-state index contributed by atoms with van der Waals surface area (Å²) in [7, 11) is 2.00. The van der Waals surface area contributed by atoms with E-state index >= 15 is 0 Å². The minimum atomic E-state index is 0.169. The number of hydrogen-bond donors (Lipinski definition) is 2. The van der Waals surface area contributed by atoms with E-state index in [0.29, 0.717) is 18.4 Å². The molecule has 0 aromatic carbocycles. The van der Waals surface area contributed by atoms with Gasteiger partial charge in [-0.15, -0.1) is 0 Å². The second-order valence-electron chi connectivity index (χ2n) is 6.49. The predicted octanol–water partition coefficient (Wildman–Crippen LogP) is 3.79. The minimum absolute atomic E-state index is 0.169. The van der Waals surface area contributed by atoms with Crippen molar-refractivity contribution < 1.29 is 0 Å². The van der Waals surface area contributed by atoms with Gasteiger partial charge in [0, 0.05) is 18.8 Å². The summed E-state index contributed by atoms with van der Waals surface area (Å²) in [5.74, 6) is 1.17. The second-order valence-corrected chi connectivity index (χ2v) is 6.49. The Morgan fingerprint density at radius 3 is 2.38 bits per heavy atom. The van der Waals surface area contributed by atoms with Gasteiger partial charge in [-0.3, -0.25) is 4.99 Å². The number of aliphatic imine (C=N–C) groups is 1. The van der Waals surface area contributed by atoms with Gasteiger partial charge in [0.05, 0.1) is 6.04 Å². The molecule has 0 saturated carbocycles. The Morgan fingerprint density at radius 2 is 1.90 bits per heavy atom. The summed E-state index contributed by atoms with van der Waals surface area (Å²) in [5, 5.41) is 3.28. The number of rotatable bonds is 12. The van der Waals surface area contributed by atoms with Crippen LogP contribution in [-0.2, 0) is 0 Å². The first kappa shape index (κ1) is 20.3. The topological polar surface area (TPSA) is 50.4 Å². The van der Waals surface area contributed by atoms with Crippen LogP contribution >= 0.6 is 0 Å². The standard InChI is InChI=1S/C18H37N3/c1-7-8-9-10-18(12-19)21-16(5)15(4)17(13-20-6)11-14(2)3/h14,16-17,20H,4,7-13,19H2,1-3,5-6H3. The third kappa shape index (κ3) is 9.05. The molecule has 0 fully saturated rings. The van der Waals surface area contributed by atoms with E-state index in [0.717, 1.165) is 25.1 Å². The van der Waals surface area contributed by atoms with Crippen LogP contribution < -0.4 is 11.1 Å². The largest absolute Gasteiger partial charge is 0.326 e. The van der Waals surface area contributed by atoms with E-state index in [2.05, 4.69) is 39.6 Å². The third-order valence-corrected chi connectivity index (χ3v) is 3.95. The van der Waals surface area contributed by atoms with Crippen LogP contribution in [0, 0.1) is 11.8 Å². The zero-order valence-corrected chi connectivity index (χ0v) is 14.9. The van der Waals surface area contributed by atoms with Gasteiger partial charge in [-0.1, -0.05) is 40.2 Å². The summed E-state index contributed by atoms with van der Waals surface area (Å²) in [4.78, 5) is 4.84. The van der Waals surface area contributed by atoms with Gasteiger partial charge >= 0.3 is 0 Å². The first-order valence-electron chi connectivity index (χ1n) is 8.55. The van der Waals surface area contributed by atoms with Crippen LogP contribution in [0.2, 0.25) is 0 Å². The summed E-state index contributed by atoms with van der Waals surface area (Å²) in [6, 6.07) is 0.169. The Morgan fingerprint density at radius 1 is 1.24 bits per heavy atom. The lowest BCUT2D eigenvalue weighted by Gasteiger charge is -2.24. The van der Waals surface area contributed by atoms with E-state index in [1.807, 2.05) is 7.05 Å². The second kappa shape index (κ2) is 11.9. The van der Waals surface area contributed by atoms with Crippen LogP contribution in [0.15, 0.2) is 17.1 Å². The smallest absolute Gasteiger partial charge is 0.0681 e. The Kier molecular flexibility index (Phi) is 11.6. The molecule has 0 bridgehead atoms. The molecule has 0 aliphatic rings. The maximum atomic E-state index is 5.85. The lowest BCUT2D eigenvalue weighted by Crippen LogP contribution is -2.26. The quantitative estimate of drug-likeness (QED) is 0.327. The van der Waals surface area contributed by atoms with Crippen LogP contribution in [-0.4, -0.2) is 31.9 Å². The molecule has 0 aromatic heterocycles. The maximum Gasteiger partial charge on any atom is 0.0681 e. The molecule has 0 aliphatic heterocycles. The molecular formula is C18H37N3. The summed E-state index contributed by atoms with van der Waals surface area (Å²) in [6.07, 6.45) is 5.87. The van der Waals surface area contributed by atoms with Crippen molar-refractivity contribution in [2.45, 2.75) is 65.8 Å². The molecule has 124 valence electrons. The number of nitrogens with two attached hydrogens (primary N) is 1. The van der Waals surface area contributed by atoms with E-state index in [-0.39, 0.29) is 6.04 Å². The summed E-state index contributed by atoms with van der Waals surface area (Å²) in [5.41, 5.74) is 8.23. The molecule has 3 heteroatoms. The van der Waals surface area contributed by atoms with Crippen molar-refractivity contribution in [3.8, 4) is 0 Å². The van der Waals surface area contributed by atoms with Crippen molar-refractivity contribution in [2.75, 3.05) is 20.1 Å². The first-order valence-corrected chi connectivity index (χ1v) is 8.55. The minimum Gasteiger partial charge on any atom is -0.326 e. The Bertz CT molecular complexity index is 308. The van der Waals surface area contributed by atoms with Crippen LogP contribution in [0.4, 0.5) is 0 Å². The highest BCUT2D eigenvalue weighted by Gasteiger charge is 2.18. The lowest BCUT2D eigenvalue weighted by atomic mass is 9.87. The Hall–Kier alpha value is -0.670.